The maximum absolute atomic E-state index is 13.7. The van der Waals surface area contributed by atoms with E-state index in [0.717, 1.165) is 5.56 Å². The van der Waals surface area contributed by atoms with Gasteiger partial charge in [0.2, 0.25) is 0 Å². The van der Waals surface area contributed by atoms with E-state index in [0.29, 0.717) is 37.7 Å². The van der Waals surface area contributed by atoms with Crippen LogP contribution >= 0.6 is 11.3 Å². The van der Waals surface area contributed by atoms with Crippen molar-refractivity contribution in [3.63, 3.8) is 0 Å². The topological polar surface area (TPSA) is 79.1 Å². The third kappa shape index (κ3) is 4.41. The highest BCUT2D eigenvalue weighted by molar-refractivity contribution is 7.07. The summed E-state index contributed by atoms with van der Waals surface area (Å²) in [4.78, 5) is 32.1. The molecule has 0 amide bonds. The molecule has 8 heteroatoms. The Labute approximate surface area is 201 Å². The Morgan fingerprint density at radius 2 is 1.85 bits per heavy atom. The van der Waals surface area contributed by atoms with Crippen LogP contribution in [0.5, 0.6) is 11.5 Å². The van der Waals surface area contributed by atoms with Gasteiger partial charge in [0.25, 0.3) is 5.56 Å². The summed E-state index contributed by atoms with van der Waals surface area (Å²) < 4.78 is 18.7. The second-order valence-electron chi connectivity index (χ2n) is 8.05. The van der Waals surface area contributed by atoms with E-state index in [4.69, 9.17) is 14.2 Å². The molecule has 1 aliphatic rings. The highest BCUT2D eigenvalue weighted by atomic mass is 32.1. The lowest BCUT2D eigenvalue weighted by atomic mass is 9.94. The molecule has 1 aromatic heterocycles. The van der Waals surface area contributed by atoms with Gasteiger partial charge in [-0.2, -0.15) is 0 Å². The number of esters is 1. The van der Waals surface area contributed by atoms with Gasteiger partial charge < -0.3 is 14.2 Å². The summed E-state index contributed by atoms with van der Waals surface area (Å²) >= 11 is 1.28. The lowest BCUT2D eigenvalue weighted by Gasteiger charge is -2.26. The number of nitrogens with zero attached hydrogens (tertiary/aromatic N) is 2. The van der Waals surface area contributed by atoms with Gasteiger partial charge in [-0.25, -0.2) is 9.79 Å². The molecule has 176 valence electrons. The van der Waals surface area contributed by atoms with Crippen molar-refractivity contribution < 1.29 is 19.0 Å². The van der Waals surface area contributed by atoms with E-state index in [1.807, 2.05) is 36.4 Å². The molecule has 34 heavy (non-hydrogen) atoms. The summed E-state index contributed by atoms with van der Waals surface area (Å²) in [5, 5.41) is 0. The zero-order chi connectivity index (χ0) is 24.4. The van der Waals surface area contributed by atoms with E-state index in [-0.39, 0.29) is 11.7 Å². The molecule has 0 radical (unpaired) electrons. The van der Waals surface area contributed by atoms with Crippen LogP contribution < -0.4 is 24.4 Å². The summed E-state index contributed by atoms with van der Waals surface area (Å²) in [5.41, 5.74) is 2.05. The van der Waals surface area contributed by atoms with Crippen molar-refractivity contribution in [3.05, 3.63) is 90.6 Å². The maximum atomic E-state index is 13.7. The predicted molar refractivity (Wildman–Crippen MR) is 131 cm³/mol. The monoisotopic (exact) mass is 478 g/mol. The molecular weight excluding hydrogens is 452 g/mol. The number of carbonyl (C=O) groups excluding carboxylic acids is 1. The van der Waals surface area contributed by atoms with Crippen molar-refractivity contribution in [2.24, 2.45) is 4.99 Å². The van der Waals surface area contributed by atoms with Crippen LogP contribution in [-0.4, -0.2) is 30.9 Å². The summed E-state index contributed by atoms with van der Waals surface area (Å²) in [6.07, 6.45) is 1.50. The zero-order valence-corrected chi connectivity index (χ0v) is 20.5. The Hall–Kier alpha value is -3.65. The molecule has 1 aliphatic heterocycles. The van der Waals surface area contributed by atoms with Crippen LogP contribution in [0, 0.1) is 0 Å². The quantitative estimate of drug-likeness (QED) is 0.509. The zero-order valence-electron chi connectivity index (χ0n) is 19.7. The minimum atomic E-state index is -0.787. The van der Waals surface area contributed by atoms with Crippen LogP contribution in [-0.2, 0) is 9.53 Å². The van der Waals surface area contributed by atoms with Gasteiger partial charge in [-0.15, -0.1) is 0 Å². The molecule has 2 heterocycles. The normalized spacial score (nSPS) is 15.7. The maximum Gasteiger partial charge on any atom is 0.338 e. The number of aromatic nitrogens is 1. The molecule has 3 aromatic rings. The Bertz CT molecular complexity index is 1430. The second-order valence-corrected chi connectivity index (χ2v) is 9.06. The molecule has 0 bridgehead atoms. The SMILES string of the molecule is COc1ccc(OC)c(C2C(C(=O)OC(C)C)=C(C)N=c3sc(=Cc4ccccc4)c(=O)n32)c1. The number of benzene rings is 2. The minimum absolute atomic E-state index is 0.246. The third-order valence-electron chi connectivity index (χ3n) is 5.41. The molecule has 1 unspecified atom stereocenters. The smallest absolute Gasteiger partial charge is 0.338 e. The van der Waals surface area contributed by atoms with Crippen molar-refractivity contribution in [2.75, 3.05) is 14.2 Å². The van der Waals surface area contributed by atoms with Crippen molar-refractivity contribution >= 4 is 23.4 Å². The Morgan fingerprint density at radius 3 is 2.50 bits per heavy atom. The summed E-state index contributed by atoms with van der Waals surface area (Å²) in [7, 11) is 3.11. The van der Waals surface area contributed by atoms with Crippen LogP contribution in [0.2, 0.25) is 0 Å². The highest BCUT2D eigenvalue weighted by Crippen LogP contribution is 2.37. The molecule has 2 aromatic carbocycles. The van der Waals surface area contributed by atoms with Crippen LogP contribution in [0.25, 0.3) is 6.08 Å². The molecule has 0 N–H and O–H groups in total. The number of carbonyl (C=O) groups is 1. The molecule has 0 saturated heterocycles. The fourth-order valence-corrected chi connectivity index (χ4v) is 4.95. The Morgan fingerprint density at radius 1 is 1.12 bits per heavy atom. The number of methoxy groups -OCH3 is 2. The summed E-state index contributed by atoms with van der Waals surface area (Å²) in [6.45, 7) is 5.32. The van der Waals surface area contributed by atoms with Crippen LogP contribution in [0.15, 0.2) is 69.6 Å². The fraction of sp³-hybridized carbons (Fsp3) is 0.269. The largest absolute Gasteiger partial charge is 0.497 e. The van der Waals surface area contributed by atoms with Crippen molar-refractivity contribution in [1.82, 2.24) is 4.57 Å². The van der Waals surface area contributed by atoms with Gasteiger partial charge in [0.15, 0.2) is 4.80 Å². The van der Waals surface area contributed by atoms with Gasteiger partial charge in [-0.1, -0.05) is 41.7 Å². The first-order valence-corrected chi connectivity index (χ1v) is 11.7. The van der Waals surface area contributed by atoms with E-state index < -0.39 is 12.0 Å². The Kier molecular flexibility index (Phi) is 6.70. The summed E-state index contributed by atoms with van der Waals surface area (Å²) in [6, 6.07) is 14.1. The van der Waals surface area contributed by atoms with Gasteiger partial charge in [0.05, 0.1) is 36.1 Å². The first-order valence-electron chi connectivity index (χ1n) is 10.8. The van der Waals surface area contributed by atoms with Crippen LogP contribution in [0.4, 0.5) is 0 Å². The number of rotatable bonds is 6. The standard InChI is InChI=1S/C26H26N2O5S/c1-15(2)33-25(30)22-16(3)27-26-28(23(22)19-14-18(31-4)11-12-20(19)32-5)24(29)21(34-26)13-17-9-7-6-8-10-17/h6-15,23H,1-5H3. The van der Waals surface area contributed by atoms with Gasteiger partial charge >= 0.3 is 5.97 Å². The molecule has 0 saturated carbocycles. The van der Waals surface area contributed by atoms with Gasteiger partial charge in [-0.05, 0) is 50.6 Å². The molecule has 4 rings (SSSR count). The van der Waals surface area contributed by atoms with Gasteiger partial charge in [0.1, 0.15) is 17.5 Å². The predicted octanol–water partition coefficient (Wildman–Crippen LogP) is 3.20. The molecule has 0 fully saturated rings. The fourth-order valence-electron chi connectivity index (χ4n) is 3.91. The molecule has 7 nitrogen and oxygen atoms in total. The second kappa shape index (κ2) is 9.69. The van der Waals surface area contributed by atoms with E-state index in [2.05, 4.69) is 4.99 Å². The van der Waals surface area contributed by atoms with Crippen molar-refractivity contribution in [2.45, 2.75) is 32.9 Å². The van der Waals surface area contributed by atoms with Crippen LogP contribution in [0.1, 0.15) is 37.9 Å². The van der Waals surface area contributed by atoms with Gasteiger partial charge in [0, 0.05) is 5.56 Å². The van der Waals surface area contributed by atoms with Crippen molar-refractivity contribution in [3.8, 4) is 11.5 Å². The highest BCUT2D eigenvalue weighted by Gasteiger charge is 2.35. The lowest BCUT2D eigenvalue weighted by molar-refractivity contribution is -0.143. The third-order valence-corrected chi connectivity index (χ3v) is 6.40. The average Bonchev–Trinajstić information content (AvgIpc) is 3.12. The number of ether oxygens (including phenoxy) is 3. The molecule has 1 atom stereocenters. The van der Waals surface area contributed by atoms with Crippen LogP contribution in [0.3, 0.4) is 0 Å². The molecular formula is C26H26N2O5S. The first-order chi connectivity index (χ1) is 16.3. The van der Waals surface area contributed by atoms with E-state index in [9.17, 15) is 9.59 Å². The minimum Gasteiger partial charge on any atom is -0.497 e. The number of allylic oxidation sites excluding steroid dienone is 1. The Balaban J connectivity index is 2.02. The molecule has 0 spiro atoms. The van der Waals surface area contributed by atoms with Gasteiger partial charge in [-0.3, -0.25) is 9.36 Å². The van der Waals surface area contributed by atoms with E-state index in [1.54, 1.807) is 57.8 Å². The molecule has 0 aliphatic carbocycles. The number of hydrogen-bond donors (Lipinski definition) is 0. The average molecular weight is 479 g/mol. The first kappa shape index (κ1) is 23.5. The van der Waals surface area contributed by atoms with Crippen molar-refractivity contribution in [1.29, 1.82) is 0 Å². The lowest BCUT2D eigenvalue weighted by Crippen LogP contribution is -2.40. The number of fused-ring (bicyclic) bond motifs is 1. The number of hydrogen-bond acceptors (Lipinski definition) is 7. The van der Waals surface area contributed by atoms with E-state index >= 15 is 0 Å². The number of thiazole rings is 1. The van der Waals surface area contributed by atoms with E-state index in [1.165, 1.54) is 11.3 Å². The summed E-state index contributed by atoms with van der Waals surface area (Å²) in [5.74, 6) is 0.574.